The Morgan fingerprint density at radius 2 is 0.932 bits per heavy atom. The number of anilines is 3. The van der Waals surface area contributed by atoms with E-state index in [1.807, 2.05) is 0 Å². The fourth-order valence-corrected chi connectivity index (χ4v) is 13.1. The fourth-order valence-electron chi connectivity index (χ4n) is 13.1. The lowest BCUT2D eigenvalue weighted by atomic mass is 9.70. The number of nitrogens with zero attached hydrogens (tertiary/aromatic N) is 3. The van der Waals surface area contributed by atoms with Crippen LogP contribution in [-0.2, 0) is 5.41 Å². The van der Waals surface area contributed by atoms with Crippen molar-refractivity contribution in [2.75, 3.05) is 10.2 Å². The zero-order valence-corrected chi connectivity index (χ0v) is 39.7. The average Bonchev–Trinajstić information content (AvgIpc) is 4.19. The predicted octanol–water partition coefficient (Wildman–Crippen LogP) is 17.4. The quantitative estimate of drug-likeness (QED) is 0.175. The molecule has 1 N–H and O–H groups in total. The molecule has 13 aromatic rings. The number of benzene rings is 11. The number of pyridine rings is 1. The summed E-state index contributed by atoms with van der Waals surface area (Å²) in [5.41, 5.74) is 23.3. The topological polar surface area (TPSA) is 33.1 Å². The molecular weight excluding hydrogens is 885 g/mol. The Morgan fingerprint density at radius 1 is 0.370 bits per heavy atom. The largest absolute Gasteiger partial charge is 0.359 e. The lowest BCUT2D eigenvalue weighted by Gasteiger charge is -2.30. The number of hydrogen-bond acceptors (Lipinski definition) is 3. The minimum atomic E-state index is -0.456. The Morgan fingerprint density at radius 3 is 1.63 bits per heavy atom. The van der Waals surface area contributed by atoms with Crippen LogP contribution in [-0.4, -0.2) is 9.55 Å². The molecule has 340 valence electrons. The molecule has 1 unspecified atom stereocenters. The van der Waals surface area contributed by atoms with Gasteiger partial charge < -0.3 is 14.8 Å². The fraction of sp³-hybridized carbons (Fsp3) is 0.0290. The van der Waals surface area contributed by atoms with Gasteiger partial charge in [-0.15, -0.1) is 0 Å². The number of para-hydroxylation sites is 5. The van der Waals surface area contributed by atoms with Gasteiger partial charge >= 0.3 is 0 Å². The van der Waals surface area contributed by atoms with E-state index in [1.165, 1.54) is 77.3 Å². The monoisotopic (exact) mass is 928 g/mol. The lowest BCUT2D eigenvalue weighted by Crippen LogP contribution is -2.25. The van der Waals surface area contributed by atoms with Gasteiger partial charge in [-0.2, -0.15) is 0 Å². The highest BCUT2D eigenvalue weighted by Gasteiger charge is 2.51. The number of aromatic nitrogens is 2. The predicted molar refractivity (Wildman–Crippen MR) is 302 cm³/mol. The smallest absolute Gasteiger partial charge is 0.130 e. The van der Waals surface area contributed by atoms with Crippen LogP contribution in [0.5, 0.6) is 0 Å². The standard InChI is InChI=1S/C69H44N4/c1-2-18-44(19-3-1)68-71-63-30-14-17-33-66(63)73(68)47-36-34-43(35-37-47)45-38-46(40-48(39-45)72-64-31-15-8-24-53(64)54-25-9-16-32-65(54)72)67-57-41-56-51-22-6-12-28-60(51)69(61(56)42-55(57)52-23-7-13-29-62(52)70-67)58-26-10-4-20-49(58)50-21-5-11-27-59(50)69/h1-42,68,71H. The number of fused-ring (bicyclic) bond motifs is 17. The van der Waals surface area contributed by atoms with Crippen LogP contribution in [0.2, 0.25) is 0 Å². The van der Waals surface area contributed by atoms with Gasteiger partial charge in [0, 0.05) is 38.5 Å². The van der Waals surface area contributed by atoms with Gasteiger partial charge in [0.05, 0.1) is 39.0 Å². The van der Waals surface area contributed by atoms with E-state index in [0.29, 0.717) is 0 Å². The summed E-state index contributed by atoms with van der Waals surface area (Å²) in [5.74, 6) is 0. The second-order valence-electron chi connectivity index (χ2n) is 19.8. The Labute approximate surface area is 422 Å². The number of nitrogens with one attached hydrogen (secondary N) is 1. The first-order valence-electron chi connectivity index (χ1n) is 25.3. The second-order valence-corrected chi connectivity index (χ2v) is 19.8. The molecule has 4 nitrogen and oxygen atoms in total. The Balaban J connectivity index is 0.944. The van der Waals surface area contributed by atoms with E-state index in [0.717, 1.165) is 61.4 Å². The highest BCUT2D eigenvalue weighted by Crippen LogP contribution is 2.63. The van der Waals surface area contributed by atoms with Crippen molar-refractivity contribution in [2.24, 2.45) is 0 Å². The van der Waals surface area contributed by atoms with E-state index in [4.69, 9.17) is 4.98 Å². The molecule has 3 heterocycles. The Bertz CT molecular complexity index is 4330. The van der Waals surface area contributed by atoms with Crippen molar-refractivity contribution in [3.8, 4) is 50.3 Å². The van der Waals surface area contributed by atoms with Crippen LogP contribution >= 0.6 is 0 Å². The van der Waals surface area contributed by atoms with Crippen molar-refractivity contribution < 1.29 is 0 Å². The van der Waals surface area contributed by atoms with E-state index in [2.05, 4.69) is 270 Å². The zero-order chi connectivity index (χ0) is 47.8. The molecule has 0 bridgehead atoms. The van der Waals surface area contributed by atoms with Crippen LogP contribution in [0.1, 0.15) is 34.0 Å². The third kappa shape index (κ3) is 5.63. The number of rotatable bonds is 5. The summed E-state index contributed by atoms with van der Waals surface area (Å²) < 4.78 is 2.44. The van der Waals surface area contributed by atoms with Gasteiger partial charge in [-0.3, -0.25) is 0 Å². The molecule has 16 rings (SSSR count). The average molecular weight is 929 g/mol. The molecule has 1 aliphatic heterocycles. The van der Waals surface area contributed by atoms with Crippen LogP contribution in [0.25, 0.3) is 93.8 Å². The molecule has 11 aromatic carbocycles. The molecule has 0 saturated heterocycles. The molecule has 0 fully saturated rings. The van der Waals surface area contributed by atoms with Crippen molar-refractivity contribution >= 4 is 60.5 Å². The molecule has 0 amide bonds. The maximum absolute atomic E-state index is 5.70. The highest BCUT2D eigenvalue weighted by molar-refractivity contribution is 6.15. The summed E-state index contributed by atoms with van der Waals surface area (Å²) in [6, 6.07) is 94.1. The van der Waals surface area contributed by atoms with Crippen molar-refractivity contribution in [2.45, 2.75) is 11.6 Å². The highest BCUT2D eigenvalue weighted by atomic mass is 15.3. The van der Waals surface area contributed by atoms with Crippen LogP contribution < -0.4 is 10.2 Å². The third-order valence-corrected chi connectivity index (χ3v) is 16.2. The van der Waals surface area contributed by atoms with E-state index in [9.17, 15) is 0 Å². The molecule has 3 aliphatic rings. The SMILES string of the molecule is c1ccc(C2Nc3ccccc3N2c2ccc(-c3cc(-c4nc5ccccc5c5cc6c(cc45)-c4ccccc4C64c5ccccc5-c5ccccc54)cc(-n4c5ccccc5c5ccccc54)c3)cc2)cc1. The summed E-state index contributed by atoms with van der Waals surface area (Å²) in [6.45, 7) is 0. The van der Waals surface area contributed by atoms with Gasteiger partial charge in [0.25, 0.3) is 0 Å². The lowest BCUT2D eigenvalue weighted by molar-refractivity contribution is 0.795. The van der Waals surface area contributed by atoms with Gasteiger partial charge in [0.15, 0.2) is 0 Å². The second kappa shape index (κ2) is 15.2. The molecule has 73 heavy (non-hydrogen) atoms. The van der Waals surface area contributed by atoms with Gasteiger partial charge in [0.1, 0.15) is 6.17 Å². The van der Waals surface area contributed by atoms with E-state index in [1.54, 1.807) is 0 Å². The number of hydrogen-bond donors (Lipinski definition) is 1. The molecule has 0 saturated carbocycles. The summed E-state index contributed by atoms with van der Waals surface area (Å²) in [7, 11) is 0. The normalized spacial score (nSPS) is 14.6. The first-order chi connectivity index (χ1) is 36.2. The molecule has 1 spiro atoms. The summed E-state index contributed by atoms with van der Waals surface area (Å²) in [4.78, 5) is 8.12. The summed E-state index contributed by atoms with van der Waals surface area (Å²) in [6.07, 6.45) is -0.0385. The van der Waals surface area contributed by atoms with Crippen LogP contribution in [0.4, 0.5) is 17.1 Å². The van der Waals surface area contributed by atoms with Gasteiger partial charge in [-0.1, -0.05) is 182 Å². The van der Waals surface area contributed by atoms with E-state index < -0.39 is 5.41 Å². The summed E-state index contributed by atoms with van der Waals surface area (Å²) >= 11 is 0. The molecule has 4 heteroatoms. The van der Waals surface area contributed by atoms with Crippen LogP contribution in [0.15, 0.2) is 255 Å². The Hall–Kier alpha value is -9.51. The molecule has 2 aromatic heterocycles. The third-order valence-electron chi connectivity index (χ3n) is 16.2. The van der Waals surface area contributed by atoms with E-state index in [-0.39, 0.29) is 6.17 Å². The minimum Gasteiger partial charge on any atom is -0.359 e. The maximum atomic E-state index is 5.70. The van der Waals surface area contributed by atoms with Crippen molar-refractivity contribution in [3.63, 3.8) is 0 Å². The van der Waals surface area contributed by atoms with Gasteiger partial charge in [-0.25, -0.2) is 4.98 Å². The molecule has 1 atom stereocenters. The van der Waals surface area contributed by atoms with Gasteiger partial charge in [-0.05, 0) is 139 Å². The van der Waals surface area contributed by atoms with Crippen molar-refractivity contribution in [1.29, 1.82) is 0 Å². The van der Waals surface area contributed by atoms with Crippen molar-refractivity contribution in [3.05, 3.63) is 283 Å². The van der Waals surface area contributed by atoms with Crippen molar-refractivity contribution in [1.82, 2.24) is 9.55 Å². The molecular formula is C69H44N4. The molecule has 2 aliphatic carbocycles. The first-order valence-corrected chi connectivity index (χ1v) is 25.3. The minimum absolute atomic E-state index is 0.0385. The van der Waals surface area contributed by atoms with Crippen LogP contribution in [0.3, 0.4) is 0 Å². The zero-order valence-electron chi connectivity index (χ0n) is 39.7. The van der Waals surface area contributed by atoms with Crippen LogP contribution in [0, 0.1) is 0 Å². The van der Waals surface area contributed by atoms with E-state index >= 15 is 0 Å². The first kappa shape index (κ1) is 40.2. The Kier molecular flexibility index (Phi) is 8.40. The van der Waals surface area contributed by atoms with Gasteiger partial charge in [0.2, 0.25) is 0 Å². The maximum Gasteiger partial charge on any atom is 0.130 e. The molecule has 0 radical (unpaired) electrons. The summed E-state index contributed by atoms with van der Waals surface area (Å²) in [5, 5.41) is 9.76.